The molecule has 0 saturated carbocycles. The van der Waals surface area contributed by atoms with E-state index in [2.05, 4.69) is 44.7 Å². The molecule has 2 heterocycles. The van der Waals surface area contributed by atoms with Crippen LogP contribution in [-0.4, -0.2) is 70.4 Å². The molecule has 0 aliphatic carbocycles. The van der Waals surface area contributed by atoms with Gasteiger partial charge >= 0.3 is 0 Å². The fourth-order valence-corrected chi connectivity index (χ4v) is 4.94. The molecule has 44 heavy (non-hydrogen) atoms. The number of amides is 2. The minimum atomic E-state index is -0.210. The third-order valence-electron chi connectivity index (χ3n) is 7.33. The number of aromatic amines is 2. The first kappa shape index (κ1) is 28.4. The van der Waals surface area contributed by atoms with E-state index in [-0.39, 0.29) is 18.4 Å². The Bertz CT molecular complexity index is 2010. The molecule has 0 unspecified atom stereocenters. The number of terminal acetylenes is 1. The number of aromatic nitrogens is 4. The molecule has 6 aromatic rings. The molecule has 0 atom stereocenters. The number of H-pyrrole nitrogens is 2. The first-order chi connectivity index (χ1) is 21.4. The lowest BCUT2D eigenvalue weighted by atomic mass is 10.0. The van der Waals surface area contributed by atoms with Gasteiger partial charge in [0.2, 0.25) is 0 Å². The fourth-order valence-electron chi connectivity index (χ4n) is 4.94. The average Bonchev–Trinajstić information content (AvgIpc) is 3.67. The first-order valence-corrected chi connectivity index (χ1v) is 14.2. The van der Waals surface area contributed by atoms with Gasteiger partial charge in [-0.05, 0) is 73.8 Å². The number of rotatable bonds is 9. The molecule has 9 nitrogen and oxygen atoms in total. The third kappa shape index (κ3) is 6.07. The van der Waals surface area contributed by atoms with Crippen LogP contribution in [0.1, 0.15) is 20.7 Å². The van der Waals surface area contributed by atoms with Crippen LogP contribution in [0.5, 0.6) is 0 Å². The van der Waals surface area contributed by atoms with E-state index in [9.17, 15) is 9.59 Å². The van der Waals surface area contributed by atoms with Gasteiger partial charge in [-0.1, -0.05) is 42.3 Å². The summed E-state index contributed by atoms with van der Waals surface area (Å²) in [5, 5.41) is 5.60. The summed E-state index contributed by atoms with van der Waals surface area (Å²) in [4.78, 5) is 42.9. The monoisotopic (exact) mass is 581 g/mol. The Hall–Kier alpha value is -5.72. The van der Waals surface area contributed by atoms with Crippen molar-refractivity contribution < 1.29 is 9.59 Å². The molecule has 0 spiro atoms. The summed E-state index contributed by atoms with van der Waals surface area (Å²) in [7, 11) is 3.95. The molecular formula is C35H31N7O2. The van der Waals surface area contributed by atoms with E-state index < -0.39 is 0 Å². The lowest BCUT2D eigenvalue weighted by Crippen LogP contribution is -2.31. The zero-order valence-corrected chi connectivity index (χ0v) is 24.4. The number of fused-ring (bicyclic) bond motifs is 2. The van der Waals surface area contributed by atoms with Crippen LogP contribution in [0.3, 0.4) is 0 Å². The van der Waals surface area contributed by atoms with E-state index in [1.54, 1.807) is 12.1 Å². The number of likely N-dealkylation sites (N-methyl/N-ethyl adjacent to an activating group) is 1. The van der Waals surface area contributed by atoms with E-state index in [4.69, 9.17) is 16.4 Å². The molecule has 9 heteroatoms. The number of carbonyl (C=O) groups excluding carboxylic acids is 2. The zero-order valence-electron chi connectivity index (χ0n) is 24.4. The number of carbonyl (C=O) groups is 2. The highest BCUT2D eigenvalue weighted by molar-refractivity contribution is 5.95. The molecular weight excluding hydrogens is 550 g/mol. The van der Waals surface area contributed by atoms with E-state index in [0.717, 1.165) is 62.5 Å². The Morgan fingerprint density at radius 1 is 0.705 bits per heavy atom. The van der Waals surface area contributed by atoms with Crippen LogP contribution < -0.4 is 10.6 Å². The summed E-state index contributed by atoms with van der Waals surface area (Å²) in [6.07, 6.45) is 5.22. The highest BCUT2D eigenvalue weighted by Crippen LogP contribution is 2.29. The summed E-state index contributed by atoms with van der Waals surface area (Å²) >= 11 is 0. The second-order valence-corrected chi connectivity index (χ2v) is 10.7. The molecule has 4 aromatic carbocycles. The van der Waals surface area contributed by atoms with Gasteiger partial charge < -0.3 is 25.5 Å². The van der Waals surface area contributed by atoms with Crippen LogP contribution in [0, 0.1) is 12.3 Å². The minimum Gasteiger partial charge on any atom is -0.351 e. The number of nitrogens with one attached hydrogen (secondary N) is 4. The Morgan fingerprint density at radius 2 is 1.16 bits per heavy atom. The number of benzene rings is 4. The van der Waals surface area contributed by atoms with Crippen molar-refractivity contribution in [1.29, 1.82) is 0 Å². The Balaban J connectivity index is 1.19. The molecule has 0 saturated heterocycles. The van der Waals surface area contributed by atoms with Crippen molar-refractivity contribution in [3.8, 4) is 46.2 Å². The van der Waals surface area contributed by atoms with E-state index >= 15 is 0 Å². The SMILES string of the molecule is C#CCNC(=O)c1ccc(-c2nc3ccc(-c4ccc5nc(-c6ccc(C(=O)NCCN(C)C)cc6)[nH]c5c4)cc3[nH]2)cc1. The van der Waals surface area contributed by atoms with Gasteiger partial charge in [-0.15, -0.1) is 6.42 Å². The standard InChI is InChI=1S/C35H31N7O2/c1-4-17-36-34(43)24-9-5-22(6-10-24)32-38-28-15-13-26(20-30(28)40-32)27-14-16-29-31(21-27)41-33(39-29)23-7-11-25(12-8-23)35(44)37-18-19-42(2)3/h1,5-16,20-21H,17-19H2,2-3H3,(H,36,43)(H,37,44)(H,38,40)(H,39,41). The van der Waals surface area contributed by atoms with Gasteiger partial charge in [-0.2, -0.15) is 0 Å². The van der Waals surface area contributed by atoms with Crippen LogP contribution in [0.2, 0.25) is 0 Å². The maximum absolute atomic E-state index is 12.4. The lowest BCUT2D eigenvalue weighted by Gasteiger charge is -2.10. The second-order valence-electron chi connectivity index (χ2n) is 10.7. The van der Waals surface area contributed by atoms with Gasteiger partial charge in [0.1, 0.15) is 11.6 Å². The predicted molar refractivity (Wildman–Crippen MR) is 174 cm³/mol. The van der Waals surface area contributed by atoms with E-state index in [1.807, 2.05) is 73.6 Å². The van der Waals surface area contributed by atoms with Crippen LogP contribution >= 0.6 is 0 Å². The Kier molecular flexibility index (Phi) is 7.91. The van der Waals surface area contributed by atoms with Crippen molar-refractivity contribution in [2.24, 2.45) is 0 Å². The second kappa shape index (κ2) is 12.3. The predicted octanol–water partition coefficient (Wildman–Crippen LogP) is 5.09. The smallest absolute Gasteiger partial charge is 0.252 e. The van der Waals surface area contributed by atoms with Gasteiger partial charge in [-0.25, -0.2) is 9.97 Å². The van der Waals surface area contributed by atoms with Crippen LogP contribution in [0.15, 0.2) is 84.9 Å². The molecule has 0 fully saturated rings. The van der Waals surface area contributed by atoms with Gasteiger partial charge in [0.05, 0.1) is 28.6 Å². The van der Waals surface area contributed by atoms with Crippen molar-refractivity contribution in [1.82, 2.24) is 35.5 Å². The molecule has 6 rings (SSSR count). The van der Waals surface area contributed by atoms with Crippen molar-refractivity contribution >= 4 is 33.9 Å². The summed E-state index contributed by atoms with van der Waals surface area (Å²) in [6.45, 7) is 1.57. The third-order valence-corrected chi connectivity index (χ3v) is 7.33. The van der Waals surface area contributed by atoms with Crippen molar-refractivity contribution in [3.05, 3.63) is 96.1 Å². The maximum atomic E-state index is 12.4. The quantitative estimate of drug-likeness (QED) is 0.177. The van der Waals surface area contributed by atoms with Crippen LogP contribution in [0.25, 0.3) is 56.0 Å². The number of nitrogens with zero attached hydrogens (tertiary/aromatic N) is 3. The zero-order chi connectivity index (χ0) is 30.6. The molecule has 0 aliphatic heterocycles. The molecule has 4 N–H and O–H groups in total. The van der Waals surface area contributed by atoms with Gasteiger partial charge in [0.25, 0.3) is 11.8 Å². The topological polar surface area (TPSA) is 119 Å². The summed E-state index contributed by atoms with van der Waals surface area (Å²) < 4.78 is 0. The number of imidazole rings is 2. The van der Waals surface area contributed by atoms with Gasteiger partial charge in [-0.3, -0.25) is 9.59 Å². The van der Waals surface area contributed by atoms with Crippen molar-refractivity contribution in [2.45, 2.75) is 0 Å². The van der Waals surface area contributed by atoms with E-state index in [1.165, 1.54) is 0 Å². The lowest BCUT2D eigenvalue weighted by molar-refractivity contribution is 0.0946. The maximum Gasteiger partial charge on any atom is 0.252 e. The molecule has 218 valence electrons. The summed E-state index contributed by atoms with van der Waals surface area (Å²) in [6, 6.07) is 26.9. The minimum absolute atomic E-state index is 0.0898. The van der Waals surface area contributed by atoms with E-state index in [0.29, 0.717) is 17.7 Å². The highest BCUT2D eigenvalue weighted by Gasteiger charge is 2.12. The average molecular weight is 582 g/mol. The largest absolute Gasteiger partial charge is 0.351 e. The number of hydrogen-bond donors (Lipinski definition) is 4. The molecule has 0 aliphatic rings. The van der Waals surface area contributed by atoms with Gasteiger partial charge in [0, 0.05) is 35.3 Å². The Morgan fingerprint density at radius 3 is 1.61 bits per heavy atom. The van der Waals surface area contributed by atoms with Crippen molar-refractivity contribution in [3.63, 3.8) is 0 Å². The first-order valence-electron chi connectivity index (χ1n) is 14.2. The molecule has 0 radical (unpaired) electrons. The normalized spacial score (nSPS) is 11.1. The molecule has 2 amide bonds. The number of hydrogen-bond acceptors (Lipinski definition) is 5. The Labute approximate surface area is 254 Å². The molecule has 0 bridgehead atoms. The van der Waals surface area contributed by atoms with Crippen LogP contribution in [0.4, 0.5) is 0 Å². The summed E-state index contributed by atoms with van der Waals surface area (Å²) in [5.74, 6) is 3.56. The van der Waals surface area contributed by atoms with Gasteiger partial charge in [0.15, 0.2) is 0 Å². The summed E-state index contributed by atoms with van der Waals surface area (Å²) in [5.41, 5.74) is 8.54. The highest BCUT2D eigenvalue weighted by atomic mass is 16.2. The molecule has 2 aromatic heterocycles. The van der Waals surface area contributed by atoms with Crippen molar-refractivity contribution in [2.75, 3.05) is 33.7 Å². The van der Waals surface area contributed by atoms with Crippen LogP contribution in [-0.2, 0) is 0 Å². The fraction of sp³-hybridized carbons (Fsp3) is 0.143.